The smallest absolute Gasteiger partial charge is 0.213 e. The molecule has 0 spiro atoms. The number of hydrogen-bond donors (Lipinski definition) is 0. The lowest BCUT2D eigenvalue weighted by Gasteiger charge is -2.05. The molecule has 0 atom stereocenters. The SMILES string of the molecule is CC(C)c1ccc(Sc2nnnn2C)cc1. The van der Waals surface area contributed by atoms with Crippen LogP contribution in [0.3, 0.4) is 0 Å². The highest BCUT2D eigenvalue weighted by atomic mass is 32.2. The largest absolute Gasteiger partial charge is 0.223 e. The summed E-state index contributed by atoms with van der Waals surface area (Å²) in [7, 11) is 1.84. The van der Waals surface area contributed by atoms with Crippen LogP contribution in [0.4, 0.5) is 0 Å². The van der Waals surface area contributed by atoms with E-state index in [0.717, 1.165) is 10.1 Å². The van der Waals surface area contributed by atoms with Gasteiger partial charge in [-0.05, 0) is 45.8 Å². The van der Waals surface area contributed by atoms with Gasteiger partial charge in [0.15, 0.2) is 0 Å². The van der Waals surface area contributed by atoms with Crippen molar-refractivity contribution in [2.45, 2.75) is 29.8 Å². The van der Waals surface area contributed by atoms with Crippen LogP contribution in [0.1, 0.15) is 25.3 Å². The summed E-state index contributed by atoms with van der Waals surface area (Å²) >= 11 is 1.57. The van der Waals surface area contributed by atoms with E-state index in [2.05, 4.69) is 53.6 Å². The van der Waals surface area contributed by atoms with Gasteiger partial charge in [0.2, 0.25) is 5.16 Å². The molecule has 0 aliphatic rings. The lowest BCUT2D eigenvalue weighted by molar-refractivity contribution is 0.664. The van der Waals surface area contributed by atoms with Gasteiger partial charge >= 0.3 is 0 Å². The van der Waals surface area contributed by atoms with E-state index in [0.29, 0.717) is 5.92 Å². The first-order valence-electron chi connectivity index (χ1n) is 5.17. The molecule has 84 valence electrons. The summed E-state index contributed by atoms with van der Waals surface area (Å²) in [5, 5.41) is 12.1. The lowest BCUT2D eigenvalue weighted by atomic mass is 10.0. The third-order valence-electron chi connectivity index (χ3n) is 2.34. The predicted molar refractivity (Wildman–Crippen MR) is 63.5 cm³/mol. The normalized spacial score (nSPS) is 11.0. The van der Waals surface area contributed by atoms with Gasteiger partial charge in [0.05, 0.1) is 0 Å². The fraction of sp³-hybridized carbons (Fsp3) is 0.364. The van der Waals surface area contributed by atoms with E-state index < -0.39 is 0 Å². The maximum absolute atomic E-state index is 3.93. The molecule has 2 rings (SSSR count). The van der Waals surface area contributed by atoms with Gasteiger partial charge in [-0.3, -0.25) is 0 Å². The zero-order valence-corrected chi connectivity index (χ0v) is 10.4. The molecule has 0 unspecified atom stereocenters. The second-order valence-corrected chi connectivity index (χ2v) is 4.95. The molecule has 1 aromatic heterocycles. The Bertz CT molecular complexity index is 461. The van der Waals surface area contributed by atoms with E-state index in [4.69, 9.17) is 0 Å². The lowest BCUT2D eigenvalue weighted by Crippen LogP contribution is -1.92. The van der Waals surface area contributed by atoms with E-state index in [1.807, 2.05) is 7.05 Å². The first-order valence-corrected chi connectivity index (χ1v) is 5.98. The molecule has 0 radical (unpaired) electrons. The number of rotatable bonds is 3. The molecule has 0 aliphatic heterocycles. The molecule has 1 aromatic carbocycles. The fourth-order valence-electron chi connectivity index (χ4n) is 1.33. The van der Waals surface area contributed by atoms with Crippen molar-refractivity contribution >= 4 is 11.8 Å². The van der Waals surface area contributed by atoms with Gasteiger partial charge in [0.1, 0.15) is 0 Å². The van der Waals surface area contributed by atoms with Gasteiger partial charge < -0.3 is 0 Å². The number of aryl methyl sites for hydroxylation is 1. The standard InChI is InChI=1S/C11H14N4S/c1-8(2)9-4-6-10(7-5-9)16-11-12-13-14-15(11)3/h4-8H,1-3H3. The van der Waals surface area contributed by atoms with Crippen LogP contribution in [0.25, 0.3) is 0 Å². The maximum Gasteiger partial charge on any atom is 0.213 e. The van der Waals surface area contributed by atoms with E-state index in [1.165, 1.54) is 5.56 Å². The Kier molecular flexibility index (Phi) is 3.24. The Labute approximate surface area is 99.1 Å². The zero-order chi connectivity index (χ0) is 11.5. The van der Waals surface area contributed by atoms with Crippen molar-refractivity contribution < 1.29 is 0 Å². The minimum atomic E-state index is 0.565. The first-order chi connectivity index (χ1) is 7.66. The molecule has 0 fully saturated rings. The van der Waals surface area contributed by atoms with E-state index in [9.17, 15) is 0 Å². The van der Waals surface area contributed by atoms with Gasteiger partial charge in [0.25, 0.3) is 0 Å². The van der Waals surface area contributed by atoms with Crippen LogP contribution in [0, 0.1) is 0 Å². The van der Waals surface area contributed by atoms with Crippen molar-refractivity contribution in [1.82, 2.24) is 20.2 Å². The highest BCUT2D eigenvalue weighted by molar-refractivity contribution is 7.99. The van der Waals surface area contributed by atoms with Crippen molar-refractivity contribution in [3.8, 4) is 0 Å². The topological polar surface area (TPSA) is 43.6 Å². The van der Waals surface area contributed by atoms with Gasteiger partial charge in [-0.15, -0.1) is 5.10 Å². The zero-order valence-electron chi connectivity index (χ0n) is 9.58. The molecule has 16 heavy (non-hydrogen) atoms. The van der Waals surface area contributed by atoms with Gasteiger partial charge in [0, 0.05) is 11.9 Å². The Hall–Kier alpha value is -1.36. The number of tetrazole rings is 1. The highest BCUT2D eigenvalue weighted by Crippen LogP contribution is 2.26. The fourth-order valence-corrected chi connectivity index (χ4v) is 2.06. The molecule has 0 saturated carbocycles. The first kappa shape index (κ1) is 11.1. The molecule has 1 heterocycles. The summed E-state index contributed by atoms with van der Waals surface area (Å²) in [6.07, 6.45) is 0. The average Bonchev–Trinajstić information content (AvgIpc) is 2.65. The van der Waals surface area contributed by atoms with Crippen LogP contribution in [0.2, 0.25) is 0 Å². The van der Waals surface area contributed by atoms with Crippen molar-refractivity contribution in [2.75, 3.05) is 0 Å². The van der Waals surface area contributed by atoms with Crippen molar-refractivity contribution in [2.24, 2.45) is 7.05 Å². The molecule has 5 heteroatoms. The van der Waals surface area contributed by atoms with Crippen LogP contribution >= 0.6 is 11.8 Å². The summed E-state index contributed by atoms with van der Waals surface area (Å²) in [6, 6.07) is 8.51. The van der Waals surface area contributed by atoms with Crippen LogP contribution in [0.15, 0.2) is 34.3 Å². The van der Waals surface area contributed by atoms with Gasteiger partial charge in [-0.1, -0.05) is 26.0 Å². The van der Waals surface area contributed by atoms with E-state index >= 15 is 0 Å². The molecule has 2 aromatic rings. The maximum atomic E-state index is 3.93. The molecular formula is C11H14N4S. The Morgan fingerprint density at radius 3 is 2.38 bits per heavy atom. The number of hydrogen-bond acceptors (Lipinski definition) is 4. The molecule has 0 N–H and O–H groups in total. The minimum Gasteiger partial charge on any atom is -0.223 e. The van der Waals surface area contributed by atoms with Crippen LogP contribution in [0.5, 0.6) is 0 Å². The molecule has 0 saturated heterocycles. The highest BCUT2D eigenvalue weighted by Gasteiger charge is 2.05. The van der Waals surface area contributed by atoms with Crippen LogP contribution in [-0.2, 0) is 7.05 Å². The summed E-state index contributed by atoms with van der Waals surface area (Å²) in [5.41, 5.74) is 1.35. The minimum absolute atomic E-state index is 0.565. The molecule has 0 bridgehead atoms. The third-order valence-corrected chi connectivity index (χ3v) is 3.37. The Morgan fingerprint density at radius 2 is 1.88 bits per heavy atom. The van der Waals surface area contributed by atoms with Gasteiger partial charge in [-0.2, -0.15) is 0 Å². The molecule has 4 nitrogen and oxygen atoms in total. The van der Waals surface area contributed by atoms with Crippen molar-refractivity contribution in [1.29, 1.82) is 0 Å². The number of benzene rings is 1. The quantitative estimate of drug-likeness (QED) is 0.818. The third kappa shape index (κ3) is 2.41. The van der Waals surface area contributed by atoms with E-state index in [1.54, 1.807) is 16.4 Å². The van der Waals surface area contributed by atoms with Crippen LogP contribution < -0.4 is 0 Å². The number of nitrogens with zero attached hydrogens (tertiary/aromatic N) is 4. The van der Waals surface area contributed by atoms with Crippen molar-refractivity contribution in [3.05, 3.63) is 29.8 Å². The second-order valence-electron chi connectivity index (χ2n) is 3.91. The predicted octanol–water partition coefficient (Wildman–Crippen LogP) is 2.48. The molecular weight excluding hydrogens is 220 g/mol. The summed E-state index contributed by atoms with van der Waals surface area (Å²) in [4.78, 5) is 1.15. The molecule has 0 aliphatic carbocycles. The van der Waals surface area contributed by atoms with Gasteiger partial charge in [-0.25, -0.2) is 4.68 Å². The summed E-state index contributed by atoms with van der Waals surface area (Å²) < 4.78 is 1.67. The summed E-state index contributed by atoms with van der Waals surface area (Å²) in [6.45, 7) is 4.38. The monoisotopic (exact) mass is 234 g/mol. The Balaban J connectivity index is 2.14. The van der Waals surface area contributed by atoms with Crippen molar-refractivity contribution in [3.63, 3.8) is 0 Å². The Morgan fingerprint density at radius 1 is 1.19 bits per heavy atom. The number of aromatic nitrogens is 4. The van der Waals surface area contributed by atoms with Crippen LogP contribution in [-0.4, -0.2) is 20.2 Å². The second kappa shape index (κ2) is 4.65. The summed E-state index contributed by atoms with van der Waals surface area (Å²) in [5.74, 6) is 0.565. The average molecular weight is 234 g/mol. The molecule has 0 amide bonds. The van der Waals surface area contributed by atoms with E-state index in [-0.39, 0.29) is 0 Å².